The van der Waals surface area contributed by atoms with E-state index in [1.165, 1.54) is 6.07 Å². The van der Waals surface area contributed by atoms with E-state index in [9.17, 15) is 4.39 Å². The monoisotopic (exact) mass is 150 g/mol. The molecule has 11 heavy (non-hydrogen) atoms. The molecule has 0 aliphatic carbocycles. The van der Waals surface area contributed by atoms with E-state index in [0.717, 1.165) is 0 Å². The van der Waals surface area contributed by atoms with Crippen molar-refractivity contribution >= 4 is 0 Å². The first-order valence-corrected chi connectivity index (χ1v) is 3.41. The van der Waals surface area contributed by atoms with E-state index in [2.05, 4.69) is 10.9 Å². The second-order valence-corrected chi connectivity index (χ2v) is 2.13. The predicted octanol–water partition coefficient (Wildman–Crippen LogP) is 2.68. The van der Waals surface area contributed by atoms with Gasteiger partial charge in [0.25, 0.3) is 12.6 Å². The fourth-order valence-electron chi connectivity index (χ4n) is 0.791. The maximum Gasteiger partial charge on any atom is 0.291 e. The fourth-order valence-corrected chi connectivity index (χ4v) is 0.791. The number of benzene rings is 1. The van der Waals surface area contributed by atoms with E-state index < -0.39 is 0 Å². The third kappa shape index (κ3) is 2.05. The van der Waals surface area contributed by atoms with Gasteiger partial charge in [0.15, 0.2) is 0 Å². The minimum Gasteiger partial charge on any atom is -0.206 e. The molecule has 1 nitrogen and oxygen atoms in total. The number of rotatable bonds is 1. The van der Waals surface area contributed by atoms with Crippen molar-refractivity contribution in [3.05, 3.63) is 40.5 Å². The zero-order chi connectivity index (χ0) is 8.10. The van der Waals surface area contributed by atoms with Crippen LogP contribution in [0, 0.1) is 11.9 Å². The lowest BCUT2D eigenvalue weighted by Crippen LogP contribution is -1.84. The Labute approximate surface area is 65.3 Å². The molecule has 0 aliphatic rings. The molecule has 0 aliphatic heterocycles. The SMILES string of the molecule is CC#[N+]Cc1ccccc1F. The van der Waals surface area contributed by atoms with Gasteiger partial charge in [-0.25, -0.2) is 4.39 Å². The molecule has 0 saturated heterocycles. The van der Waals surface area contributed by atoms with E-state index >= 15 is 0 Å². The second kappa shape index (κ2) is 3.72. The third-order valence-electron chi connectivity index (χ3n) is 1.37. The Bertz CT molecular complexity index is 296. The molecule has 0 N–H and O–H groups in total. The topological polar surface area (TPSA) is 4.36 Å². The lowest BCUT2D eigenvalue weighted by Gasteiger charge is -1.89. The maximum atomic E-state index is 12.8. The van der Waals surface area contributed by atoms with E-state index in [0.29, 0.717) is 12.1 Å². The van der Waals surface area contributed by atoms with Crippen LogP contribution in [-0.4, -0.2) is 0 Å². The van der Waals surface area contributed by atoms with Gasteiger partial charge in [-0.15, -0.1) is 0 Å². The van der Waals surface area contributed by atoms with Gasteiger partial charge in [0.2, 0.25) is 0 Å². The minimum atomic E-state index is -0.202. The summed E-state index contributed by atoms with van der Waals surface area (Å²) in [5.74, 6) is -0.202. The molecule has 0 atom stereocenters. The molecule has 1 aromatic carbocycles. The Balaban J connectivity index is 2.83. The first-order valence-electron chi connectivity index (χ1n) is 3.41. The Kier molecular flexibility index (Phi) is 2.62. The third-order valence-corrected chi connectivity index (χ3v) is 1.37. The number of hydrogen-bond acceptors (Lipinski definition) is 0. The van der Waals surface area contributed by atoms with E-state index in [4.69, 9.17) is 0 Å². The first-order chi connectivity index (χ1) is 5.34. The summed E-state index contributed by atoms with van der Waals surface area (Å²) < 4.78 is 12.8. The van der Waals surface area contributed by atoms with E-state index in [-0.39, 0.29) is 5.82 Å². The van der Waals surface area contributed by atoms with Crippen molar-refractivity contribution in [3.63, 3.8) is 0 Å². The average molecular weight is 150 g/mol. The molecule has 0 saturated carbocycles. The summed E-state index contributed by atoms with van der Waals surface area (Å²) in [6.45, 7) is 2.07. The molecule has 0 radical (unpaired) electrons. The van der Waals surface area contributed by atoms with Crippen molar-refractivity contribution in [1.82, 2.24) is 0 Å². The van der Waals surface area contributed by atoms with Crippen LogP contribution in [0.25, 0.3) is 4.85 Å². The summed E-state index contributed by atoms with van der Waals surface area (Å²) in [4.78, 5) is 3.81. The number of nitrogens with zero attached hydrogens (tertiary/aromatic N) is 1. The molecular weight excluding hydrogens is 141 g/mol. The Morgan fingerprint density at radius 1 is 1.45 bits per heavy atom. The summed E-state index contributed by atoms with van der Waals surface area (Å²) in [7, 11) is 0. The minimum absolute atomic E-state index is 0.202. The second-order valence-electron chi connectivity index (χ2n) is 2.13. The van der Waals surface area contributed by atoms with Crippen molar-refractivity contribution in [1.29, 1.82) is 0 Å². The molecule has 2 heteroatoms. The van der Waals surface area contributed by atoms with Crippen LogP contribution in [0.5, 0.6) is 0 Å². The van der Waals surface area contributed by atoms with Gasteiger partial charge in [-0.1, -0.05) is 17.0 Å². The van der Waals surface area contributed by atoms with Gasteiger partial charge < -0.3 is 0 Å². The van der Waals surface area contributed by atoms with Crippen LogP contribution in [0.2, 0.25) is 0 Å². The van der Waals surface area contributed by atoms with Crippen molar-refractivity contribution < 1.29 is 4.39 Å². The van der Waals surface area contributed by atoms with E-state index in [1.54, 1.807) is 25.1 Å². The van der Waals surface area contributed by atoms with Crippen LogP contribution < -0.4 is 0 Å². The molecule has 0 fully saturated rings. The zero-order valence-electron chi connectivity index (χ0n) is 6.34. The van der Waals surface area contributed by atoms with Gasteiger partial charge in [-0.05, 0) is 12.1 Å². The smallest absolute Gasteiger partial charge is 0.206 e. The highest BCUT2D eigenvalue weighted by Crippen LogP contribution is 2.06. The Morgan fingerprint density at radius 2 is 2.18 bits per heavy atom. The predicted molar refractivity (Wildman–Crippen MR) is 43.0 cm³/mol. The molecule has 0 heterocycles. The summed E-state index contributed by atoms with van der Waals surface area (Å²) in [6, 6.07) is 9.21. The van der Waals surface area contributed by atoms with Crippen LogP contribution in [0.4, 0.5) is 4.39 Å². The van der Waals surface area contributed by atoms with Crippen LogP contribution in [0.15, 0.2) is 24.3 Å². The van der Waals surface area contributed by atoms with Gasteiger partial charge in [-0.2, -0.15) is 0 Å². The fraction of sp³-hybridized carbons (Fsp3) is 0.222. The number of hydrogen-bond donors (Lipinski definition) is 0. The maximum absolute atomic E-state index is 12.8. The average Bonchev–Trinajstić information content (AvgIpc) is 2.03. The summed E-state index contributed by atoms with van der Waals surface area (Å²) >= 11 is 0. The van der Waals surface area contributed by atoms with Crippen molar-refractivity contribution in [2.75, 3.05) is 0 Å². The molecule has 1 rings (SSSR count). The van der Waals surface area contributed by atoms with E-state index in [1.807, 2.05) is 0 Å². The lowest BCUT2D eigenvalue weighted by molar-refractivity contribution is 0.614. The Hall–Kier alpha value is -1.36. The largest absolute Gasteiger partial charge is 0.291 e. The highest BCUT2D eigenvalue weighted by molar-refractivity contribution is 5.18. The van der Waals surface area contributed by atoms with Crippen molar-refractivity contribution in [2.24, 2.45) is 0 Å². The molecule has 0 spiro atoms. The molecular formula is C9H9FN+. The van der Waals surface area contributed by atoms with Crippen LogP contribution in [0.3, 0.4) is 0 Å². The van der Waals surface area contributed by atoms with Gasteiger partial charge >= 0.3 is 0 Å². The summed E-state index contributed by atoms with van der Waals surface area (Å²) in [6.07, 6.45) is 0. The van der Waals surface area contributed by atoms with Crippen molar-refractivity contribution in [2.45, 2.75) is 13.5 Å². The number of halogens is 1. The summed E-state index contributed by atoms with van der Waals surface area (Å²) in [5.41, 5.74) is 0.613. The van der Waals surface area contributed by atoms with Crippen molar-refractivity contribution in [3.8, 4) is 6.07 Å². The standard InChI is InChI=1S/C9H9FN/c1-2-11-7-8-5-3-4-6-9(8)10/h3-6H,7H2,1H3/q+1. The van der Waals surface area contributed by atoms with Gasteiger partial charge in [0.05, 0.1) is 12.5 Å². The lowest BCUT2D eigenvalue weighted by atomic mass is 10.2. The highest BCUT2D eigenvalue weighted by atomic mass is 19.1. The first kappa shape index (κ1) is 7.74. The highest BCUT2D eigenvalue weighted by Gasteiger charge is 2.02. The van der Waals surface area contributed by atoms with Gasteiger partial charge in [0, 0.05) is 0 Å². The molecule has 0 unspecified atom stereocenters. The molecule has 0 aromatic heterocycles. The van der Waals surface area contributed by atoms with Crippen LogP contribution in [0.1, 0.15) is 12.5 Å². The quantitative estimate of drug-likeness (QED) is 0.579. The molecule has 0 bridgehead atoms. The van der Waals surface area contributed by atoms with Gasteiger partial charge in [0.1, 0.15) is 5.82 Å². The molecule has 0 amide bonds. The summed E-state index contributed by atoms with van der Waals surface area (Å²) in [5, 5.41) is 0. The molecule has 56 valence electrons. The van der Waals surface area contributed by atoms with Crippen LogP contribution >= 0.6 is 0 Å². The Morgan fingerprint density at radius 3 is 2.82 bits per heavy atom. The zero-order valence-corrected chi connectivity index (χ0v) is 6.34. The van der Waals surface area contributed by atoms with Gasteiger partial charge in [-0.3, -0.25) is 0 Å². The normalized spacial score (nSPS) is 8.55. The van der Waals surface area contributed by atoms with Crippen LogP contribution in [-0.2, 0) is 6.54 Å². The molecule has 1 aromatic rings.